The molecular weight excluding hydrogens is 246 g/mol. The minimum atomic E-state index is -0.0839. The molecule has 0 saturated carbocycles. The highest BCUT2D eigenvalue weighted by molar-refractivity contribution is 9.10. The molecule has 1 unspecified atom stereocenters. The number of hydrogen-bond acceptors (Lipinski definition) is 2. The summed E-state index contributed by atoms with van der Waals surface area (Å²) in [6, 6.07) is 1.86. The highest BCUT2D eigenvalue weighted by Gasteiger charge is 2.17. The molecule has 0 aliphatic rings. The molecule has 0 aliphatic carbocycles. The first-order valence-electron chi connectivity index (χ1n) is 4.55. The Morgan fingerprint density at radius 1 is 1.71 bits per heavy atom. The molecule has 0 bridgehead atoms. The van der Waals surface area contributed by atoms with Gasteiger partial charge in [-0.2, -0.15) is 0 Å². The van der Waals surface area contributed by atoms with Crippen molar-refractivity contribution in [3.8, 4) is 0 Å². The molecule has 0 spiro atoms. The molecule has 0 fully saturated rings. The van der Waals surface area contributed by atoms with Crippen molar-refractivity contribution in [2.24, 2.45) is 0 Å². The number of furan rings is 1. The van der Waals surface area contributed by atoms with Crippen molar-refractivity contribution >= 4 is 21.8 Å². The van der Waals surface area contributed by atoms with E-state index in [0.717, 1.165) is 12.0 Å². The van der Waals surface area contributed by atoms with E-state index >= 15 is 0 Å². The van der Waals surface area contributed by atoms with Crippen LogP contribution in [0.15, 0.2) is 23.0 Å². The molecule has 1 heterocycles. The van der Waals surface area contributed by atoms with E-state index in [-0.39, 0.29) is 10.7 Å². The molecular formula is C10H14BrNO2. The quantitative estimate of drug-likeness (QED) is 0.779. The van der Waals surface area contributed by atoms with Crippen LogP contribution in [-0.4, -0.2) is 22.7 Å². The number of nitrogens with zero attached hydrogens (tertiary/aromatic N) is 1. The van der Waals surface area contributed by atoms with Gasteiger partial charge >= 0.3 is 0 Å². The number of alkyl halides is 1. The summed E-state index contributed by atoms with van der Waals surface area (Å²) in [6.07, 6.45) is 4.06. The molecule has 3 nitrogen and oxygen atoms in total. The molecule has 1 aromatic rings. The second-order valence-electron chi connectivity index (χ2n) is 3.20. The normalized spacial score (nSPS) is 12.5. The summed E-state index contributed by atoms with van der Waals surface area (Å²) in [5.74, 6) is 0.105. The number of carbonyl (C=O) groups excluding carboxylic acids is 1. The van der Waals surface area contributed by atoms with Gasteiger partial charge < -0.3 is 9.32 Å². The lowest BCUT2D eigenvalue weighted by molar-refractivity contribution is -0.129. The minimum Gasteiger partial charge on any atom is -0.472 e. The van der Waals surface area contributed by atoms with Crippen molar-refractivity contribution in [1.82, 2.24) is 4.90 Å². The Balaban J connectivity index is 2.50. The first-order valence-corrected chi connectivity index (χ1v) is 5.46. The van der Waals surface area contributed by atoms with Crippen LogP contribution in [0.3, 0.4) is 0 Å². The lowest BCUT2D eigenvalue weighted by Crippen LogP contribution is -2.32. The van der Waals surface area contributed by atoms with Gasteiger partial charge in [-0.1, -0.05) is 22.9 Å². The first kappa shape index (κ1) is 11.3. The maximum Gasteiger partial charge on any atom is 0.236 e. The van der Waals surface area contributed by atoms with Crippen LogP contribution in [0, 0.1) is 0 Å². The van der Waals surface area contributed by atoms with E-state index in [1.165, 1.54) is 0 Å². The van der Waals surface area contributed by atoms with Gasteiger partial charge in [0.2, 0.25) is 5.91 Å². The zero-order valence-corrected chi connectivity index (χ0v) is 9.95. The van der Waals surface area contributed by atoms with E-state index in [2.05, 4.69) is 15.9 Å². The van der Waals surface area contributed by atoms with Gasteiger partial charge in [0.15, 0.2) is 0 Å². The average molecular weight is 260 g/mol. The first-order chi connectivity index (χ1) is 6.65. The predicted octanol–water partition coefficient (Wildman–Crippen LogP) is 2.41. The molecule has 4 heteroatoms. The summed E-state index contributed by atoms with van der Waals surface area (Å²) >= 11 is 3.33. The SMILES string of the molecule is CCC(Br)C(=O)N(C)Cc1ccoc1. The molecule has 14 heavy (non-hydrogen) atoms. The molecule has 0 radical (unpaired) electrons. The van der Waals surface area contributed by atoms with Crippen molar-refractivity contribution in [2.75, 3.05) is 7.05 Å². The number of rotatable bonds is 4. The fourth-order valence-corrected chi connectivity index (χ4v) is 1.50. The number of amides is 1. The van der Waals surface area contributed by atoms with Crippen molar-refractivity contribution in [3.05, 3.63) is 24.2 Å². The van der Waals surface area contributed by atoms with Crippen molar-refractivity contribution < 1.29 is 9.21 Å². The third-order valence-electron chi connectivity index (χ3n) is 2.00. The standard InChI is InChI=1S/C10H14BrNO2/c1-3-9(11)10(13)12(2)6-8-4-5-14-7-8/h4-5,7,9H,3,6H2,1-2H3. The van der Waals surface area contributed by atoms with Gasteiger partial charge in [0.1, 0.15) is 0 Å². The molecule has 0 saturated heterocycles. The van der Waals surface area contributed by atoms with Crippen LogP contribution >= 0.6 is 15.9 Å². The second kappa shape index (κ2) is 5.20. The summed E-state index contributed by atoms with van der Waals surface area (Å²) in [7, 11) is 1.79. The van der Waals surface area contributed by atoms with E-state index in [4.69, 9.17) is 4.42 Å². The Hall–Kier alpha value is -0.770. The molecule has 1 rings (SSSR count). The number of halogens is 1. The zero-order valence-electron chi connectivity index (χ0n) is 8.37. The van der Waals surface area contributed by atoms with Gasteiger partial charge in [-0.15, -0.1) is 0 Å². The predicted molar refractivity (Wildman–Crippen MR) is 58.2 cm³/mol. The van der Waals surface area contributed by atoms with E-state index in [0.29, 0.717) is 6.54 Å². The molecule has 1 aromatic heterocycles. The van der Waals surface area contributed by atoms with Crippen LogP contribution in [0.25, 0.3) is 0 Å². The minimum absolute atomic E-state index is 0.0839. The molecule has 1 amide bonds. The fourth-order valence-electron chi connectivity index (χ4n) is 1.15. The lowest BCUT2D eigenvalue weighted by atomic mass is 10.2. The van der Waals surface area contributed by atoms with Gasteiger partial charge in [0.25, 0.3) is 0 Å². The third-order valence-corrected chi connectivity index (χ3v) is 3.04. The van der Waals surface area contributed by atoms with Gasteiger partial charge in [0, 0.05) is 19.2 Å². The highest BCUT2D eigenvalue weighted by Crippen LogP contribution is 2.11. The van der Waals surface area contributed by atoms with Crippen molar-refractivity contribution in [3.63, 3.8) is 0 Å². The third kappa shape index (κ3) is 2.87. The van der Waals surface area contributed by atoms with Gasteiger partial charge in [-0.3, -0.25) is 4.79 Å². The maximum absolute atomic E-state index is 11.6. The maximum atomic E-state index is 11.6. The average Bonchev–Trinajstić information content (AvgIpc) is 2.68. The summed E-state index contributed by atoms with van der Waals surface area (Å²) in [6.45, 7) is 2.57. The highest BCUT2D eigenvalue weighted by atomic mass is 79.9. The monoisotopic (exact) mass is 259 g/mol. The van der Waals surface area contributed by atoms with Gasteiger partial charge in [-0.05, 0) is 12.5 Å². The van der Waals surface area contributed by atoms with E-state index in [1.54, 1.807) is 24.5 Å². The Labute approximate surface area is 92.2 Å². The topological polar surface area (TPSA) is 33.5 Å². The summed E-state index contributed by atoms with van der Waals surface area (Å²) in [5, 5.41) is 0. The largest absolute Gasteiger partial charge is 0.472 e. The van der Waals surface area contributed by atoms with Crippen molar-refractivity contribution in [1.29, 1.82) is 0 Å². The fraction of sp³-hybridized carbons (Fsp3) is 0.500. The van der Waals surface area contributed by atoms with E-state index in [1.807, 2.05) is 13.0 Å². The Morgan fingerprint density at radius 3 is 2.93 bits per heavy atom. The summed E-state index contributed by atoms with van der Waals surface area (Å²) < 4.78 is 4.93. The van der Waals surface area contributed by atoms with Crippen LogP contribution in [0.5, 0.6) is 0 Å². The number of carbonyl (C=O) groups is 1. The molecule has 0 N–H and O–H groups in total. The number of hydrogen-bond donors (Lipinski definition) is 0. The lowest BCUT2D eigenvalue weighted by Gasteiger charge is -2.18. The second-order valence-corrected chi connectivity index (χ2v) is 4.31. The van der Waals surface area contributed by atoms with E-state index < -0.39 is 0 Å². The molecule has 0 aromatic carbocycles. The Kier molecular flexibility index (Phi) is 4.20. The Bertz CT molecular complexity index is 284. The van der Waals surface area contributed by atoms with Gasteiger partial charge in [-0.25, -0.2) is 0 Å². The van der Waals surface area contributed by atoms with Crippen LogP contribution in [-0.2, 0) is 11.3 Å². The summed E-state index contributed by atoms with van der Waals surface area (Å²) in [5.41, 5.74) is 1.01. The van der Waals surface area contributed by atoms with Crippen molar-refractivity contribution in [2.45, 2.75) is 24.7 Å². The van der Waals surface area contributed by atoms with Crippen LogP contribution in [0.4, 0.5) is 0 Å². The molecule has 1 atom stereocenters. The molecule has 78 valence electrons. The van der Waals surface area contributed by atoms with E-state index in [9.17, 15) is 4.79 Å². The van der Waals surface area contributed by atoms with Gasteiger partial charge in [0.05, 0.1) is 17.4 Å². The zero-order chi connectivity index (χ0) is 10.6. The summed E-state index contributed by atoms with van der Waals surface area (Å²) in [4.78, 5) is 13.3. The molecule has 0 aliphatic heterocycles. The van der Waals surface area contributed by atoms with Crippen LogP contribution < -0.4 is 0 Å². The van der Waals surface area contributed by atoms with Crippen LogP contribution in [0.2, 0.25) is 0 Å². The van der Waals surface area contributed by atoms with Crippen LogP contribution in [0.1, 0.15) is 18.9 Å². The Morgan fingerprint density at radius 2 is 2.43 bits per heavy atom. The smallest absolute Gasteiger partial charge is 0.236 e.